The van der Waals surface area contributed by atoms with Gasteiger partial charge in [-0.25, -0.2) is 9.37 Å². The topological polar surface area (TPSA) is 57.8 Å². The Balaban J connectivity index is 1.97. The first-order chi connectivity index (χ1) is 9.65. The van der Waals surface area contributed by atoms with Gasteiger partial charge in [0.1, 0.15) is 0 Å². The maximum Gasteiger partial charge on any atom is 0.255 e. The van der Waals surface area contributed by atoms with Crippen LogP contribution in [-0.2, 0) is 12.8 Å². The number of hydrogen-bond donors (Lipinski definition) is 2. The van der Waals surface area contributed by atoms with Gasteiger partial charge in [-0.15, -0.1) is 0 Å². The van der Waals surface area contributed by atoms with Crippen LogP contribution in [0.3, 0.4) is 0 Å². The third-order valence-electron chi connectivity index (χ3n) is 3.40. The summed E-state index contributed by atoms with van der Waals surface area (Å²) in [5.41, 5.74) is 1.58. The first-order valence-corrected chi connectivity index (χ1v) is 6.86. The van der Waals surface area contributed by atoms with Crippen LogP contribution >= 0.6 is 11.6 Å². The number of fused-ring (bicyclic) bond motifs is 1. The van der Waals surface area contributed by atoms with Crippen LogP contribution in [0, 0.1) is 5.82 Å². The Bertz CT molecular complexity index is 714. The zero-order valence-corrected chi connectivity index (χ0v) is 11.4. The standard InChI is InChI=1S/C14H13ClFN3O/c15-9-5-3-7-11(12(9)16)18-14-17-10-6-2-1-4-8(10)13(20)19-14/h3,5,7H,1-2,4,6H2,(H2,17,18,19,20). The second kappa shape index (κ2) is 5.25. The molecule has 1 aromatic heterocycles. The predicted molar refractivity (Wildman–Crippen MR) is 76.2 cm³/mol. The Morgan fingerprint density at radius 1 is 1.30 bits per heavy atom. The normalized spacial score (nSPS) is 13.9. The van der Waals surface area contributed by atoms with E-state index in [0.717, 1.165) is 36.9 Å². The monoisotopic (exact) mass is 293 g/mol. The number of hydrogen-bond acceptors (Lipinski definition) is 3. The van der Waals surface area contributed by atoms with Gasteiger partial charge in [0, 0.05) is 5.56 Å². The number of rotatable bonds is 2. The second-order valence-corrected chi connectivity index (χ2v) is 5.18. The molecule has 0 unspecified atom stereocenters. The van der Waals surface area contributed by atoms with Crippen LogP contribution in [0.4, 0.5) is 16.0 Å². The lowest BCUT2D eigenvalue weighted by Gasteiger charge is -2.15. The minimum atomic E-state index is -0.561. The molecule has 0 fully saturated rings. The molecule has 1 heterocycles. The number of nitrogens with one attached hydrogen (secondary N) is 2. The van der Waals surface area contributed by atoms with Crippen LogP contribution in [0.15, 0.2) is 23.0 Å². The smallest absolute Gasteiger partial charge is 0.255 e. The summed E-state index contributed by atoms with van der Waals surface area (Å²) in [6.07, 6.45) is 3.57. The zero-order valence-electron chi connectivity index (χ0n) is 10.7. The largest absolute Gasteiger partial charge is 0.323 e. The van der Waals surface area contributed by atoms with Crippen LogP contribution in [0.25, 0.3) is 0 Å². The van der Waals surface area contributed by atoms with E-state index in [9.17, 15) is 9.18 Å². The molecule has 1 aliphatic carbocycles. The molecule has 0 saturated heterocycles. The van der Waals surface area contributed by atoms with Gasteiger partial charge in [-0.2, -0.15) is 0 Å². The van der Waals surface area contributed by atoms with E-state index in [0.29, 0.717) is 0 Å². The van der Waals surface area contributed by atoms with Crippen molar-refractivity contribution >= 4 is 23.2 Å². The van der Waals surface area contributed by atoms with E-state index in [2.05, 4.69) is 15.3 Å². The number of aryl methyl sites for hydroxylation is 1. The third kappa shape index (κ3) is 2.41. The SMILES string of the molecule is O=c1[nH]c(Nc2cccc(Cl)c2F)nc2c1CCCC2. The average Bonchev–Trinajstić information content (AvgIpc) is 2.44. The first kappa shape index (κ1) is 13.1. The minimum Gasteiger partial charge on any atom is -0.323 e. The molecule has 3 rings (SSSR count). The molecule has 0 radical (unpaired) electrons. The lowest BCUT2D eigenvalue weighted by molar-refractivity contribution is 0.631. The van der Waals surface area contributed by atoms with E-state index >= 15 is 0 Å². The van der Waals surface area contributed by atoms with Gasteiger partial charge in [0.05, 0.1) is 16.4 Å². The Hall–Kier alpha value is -1.88. The first-order valence-electron chi connectivity index (χ1n) is 6.48. The van der Waals surface area contributed by atoms with Crippen LogP contribution < -0.4 is 10.9 Å². The van der Waals surface area contributed by atoms with Gasteiger partial charge in [0.25, 0.3) is 5.56 Å². The van der Waals surface area contributed by atoms with E-state index in [1.165, 1.54) is 6.07 Å². The van der Waals surface area contributed by atoms with E-state index in [1.807, 2.05) is 0 Å². The van der Waals surface area contributed by atoms with Gasteiger partial charge in [-0.05, 0) is 37.8 Å². The van der Waals surface area contributed by atoms with Crippen LogP contribution in [-0.4, -0.2) is 9.97 Å². The molecule has 2 aromatic rings. The fraction of sp³-hybridized carbons (Fsp3) is 0.286. The number of anilines is 2. The molecule has 2 N–H and O–H groups in total. The number of aromatic nitrogens is 2. The minimum absolute atomic E-state index is 0.0234. The van der Waals surface area contributed by atoms with Gasteiger partial charge in [-0.1, -0.05) is 17.7 Å². The van der Waals surface area contributed by atoms with Crippen molar-refractivity contribution in [2.75, 3.05) is 5.32 Å². The number of H-pyrrole nitrogens is 1. The Morgan fingerprint density at radius 2 is 2.10 bits per heavy atom. The highest BCUT2D eigenvalue weighted by atomic mass is 35.5. The van der Waals surface area contributed by atoms with Crippen molar-refractivity contribution < 1.29 is 4.39 Å². The lowest BCUT2D eigenvalue weighted by atomic mass is 9.97. The molecule has 0 atom stereocenters. The molecular formula is C14H13ClFN3O. The Morgan fingerprint density at radius 3 is 2.95 bits per heavy atom. The average molecular weight is 294 g/mol. The molecular weight excluding hydrogens is 281 g/mol. The summed E-state index contributed by atoms with van der Waals surface area (Å²) in [4.78, 5) is 19.0. The molecule has 20 heavy (non-hydrogen) atoms. The second-order valence-electron chi connectivity index (χ2n) is 4.77. The van der Waals surface area contributed by atoms with Crippen molar-refractivity contribution in [1.82, 2.24) is 9.97 Å². The summed E-state index contributed by atoms with van der Waals surface area (Å²) in [7, 11) is 0. The molecule has 104 valence electrons. The van der Waals surface area contributed by atoms with E-state index in [-0.39, 0.29) is 22.2 Å². The van der Waals surface area contributed by atoms with Crippen molar-refractivity contribution in [3.05, 3.63) is 50.7 Å². The summed E-state index contributed by atoms with van der Waals surface area (Å²) in [5, 5.41) is 2.80. The molecule has 0 bridgehead atoms. The molecule has 0 amide bonds. The quantitative estimate of drug-likeness (QED) is 0.894. The van der Waals surface area contributed by atoms with Crippen LogP contribution in [0.2, 0.25) is 5.02 Å². The van der Waals surface area contributed by atoms with E-state index in [1.54, 1.807) is 12.1 Å². The molecule has 0 aliphatic heterocycles. The highest BCUT2D eigenvalue weighted by molar-refractivity contribution is 6.31. The summed E-state index contributed by atoms with van der Waals surface area (Å²) >= 11 is 5.72. The molecule has 4 nitrogen and oxygen atoms in total. The molecule has 1 aromatic carbocycles. The van der Waals surface area contributed by atoms with Crippen molar-refractivity contribution in [2.45, 2.75) is 25.7 Å². The molecule has 0 spiro atoms. The highest BCUT2D eigenvalue weighted by Crippen LogP contribution is 2.24. The van der Waals surface area contributed by atoms with Crippen LogP contribution in [0.1, 0.15) is 24.1 Å². The van der Waals surface area contributed by atoms with Gasteiger partial charge in [-0.3, -0.25) is 9.78 Å². The summed E-state index contributed by atoms with van der Waals surface area (Å²) in [6, 6.07) is 4.63. The van der Waals surface area contributed by atoms with Gasteiger partial charge in [0.2, 0.25) is 5.95 Å². The summed E-state index contributed by atoms with van der Waals surface area (Å²) in [6.45, 7) is 0. The molecule has 0 saturated carbocycles. The zero-order chi connectivity index (χ0) is 14.1. The van der Waals surface area contributed by atoms with Crippen LogP contribution in [0.5, 0.6) is 0 Å². The third-order valence-corrected chi connectivity index (χ3v) is 3.69. The van der Waals surface area contributed by atoms with E-state index < -0.39 is 5.82 Å². The van der Waals surface area contributed by atoms with Gasteiger partial charge in [0.15, 0.2) is 5.82 Å². The Labute approximate surface area is 120 Å². The number of benzene rings is 1. The summed E-state index contributed by atoms with van der Waals surface area (Å²) in [5.74, 6) is -0.314. The van der Waals surface area contributed by atoms with Crippen molar-refractivity contribution in [2.24, 2.45) is 0 Å². The highest BCUT2D eigenvalue weighted by Gasteiger charge is 2.16. The fourth-order valence-corrected chi connectivity index (χ4v) is 2.56. The predicted octanol–water partition coefficient (Wildman–Crippen LogP) is 3.18. The number of aromatic amines is 1. The lowest BCUT2D eigenvalue weighted by Crippen LogP contribution is -2.22. The van der Waals surface area contributed by atoms with E-state index in [4.69, 9.17) is 11.6 Å². The van der Waals surface area contributed by atoms with Crippen molar-refractivity contribution in [3.8, 4) is 0 Å². The maximum absolute atomic E-state index is 13.8. The van der Waals surface area contributed by atoms with Gasteiger partial charge >= 0.3 is 0 Å². The van der Waals surface area contributed by atoms with Crippen molar-refractivity contribution in [1.29, 1.82) is 0 Å². The number of nitrogens with zero attached hydrogens (tertiary/aromatic N) is 1. The van der Waals surface area contributed by atoms with Gasteiger partial charge < -0.3 is 5.32 Å². The maximum atomic E-state index is 13.8. The molecule has 1 aliphatic rings. The van der Waals surface area contributed by atoms with Crippen molar-refractivity contribution in [3.63, 3.8) is 0 Å². The fourth-order valence-electron chi connectivity index (χ4n) is 2.39. The summed E-state index contributed by atoms with van der Waals surface area (Å²) < 4.78 is 13.8. The molecule has 6 heteroatoms. The Kier molecular flexibility index (Phi) is 3.44. The number of halogens is 2.